The summed E-state index contributed by atoms with van der Waals surface area (Å²) in [5.74, 6) is -4.29. The van der Waals surface area contributed by atoms with Gasteiger partial charge in [0.05, 0.1) is 34.9 Å². The molecule has 1 aliphatic carbocycles. The van der Waals surface area contributed by atoms with Crippen molar-refractivity contribution in [3.8, 4) is 12.1 Å². The quantitative estimate of drug-likeness (QED) is 0.236. The van der Waals surface area contributed by atoms with E-state index in [9.17, 15) is 25.2 Å². The van der Waals surface area contributed by atoms with Gasteiger partial charge in [0.2, 0.25) is 0 Å². The van der Waals surface area contributed by atoms with Crippen molar-refractivity contribution in [3.05, 3.63) is 161 Å². The van der Waals surface area contributed by atoms with Gasteiger partial charge in [-0.05, 0) is 84.1 Å². The number of nitriles is 2. The number of carbonyl (C=O) groups is 2. The van der Waals surface area contributed by atoms with Crippen LogP contribution < -0.4 is 0 Å². The van der Waals surface area contributed by atoms with Crippen molar-refractivity contribution in [3.63, 3.8) is 0 Å². The first-order valence-corrected chi connectivity index (χ1v) is 14.5. The summed E-state index contributed by atoms with van der Waals surface area (Å²) >= 11 is 0. The average molecular weight is 590 g/mol. The van der Waals surface area contributed by atoms with E-state index in [2.05, 4.69) is 27.1 Å². The Morgan fingerprint density at radius 1 is 0.667 bits per heavy atom. The van der Waals surface area contributed by atoms with Crippen LogP contribution in [0.2, 0.25) is 0 Å². The van der Waals surface area contributed by atoms with E-state index in [1.165, 1.54) is 6.20 Å². The van der Waals surface area contributed by atoms with E-state index >= 15 is 0 Å². The van der Waals surface area contributed by atoms with Gasteiger partial charge < -0.3 is 5.11 Å². The first-order valence-electron chi connectivity index (χ1n) is 14.5. The Morgan fingerprint density at radius 2 is 1.18 bits per heavy atom. The summed E-state index contributed by atoms with van der Waals surface area (Å²) in [5.41, 5.74) is 1.02. The third-order valence-electron chi connectivity index (χ3n) is 8.65. The minimum absolute atomic E-state index is 0.0187. The lowest BCUT2D eigenvalue weighted by Crippen LogP contribution is -2.54. The van der Waals surface area contributed by atoms with Crippen LogP contribution in [0.15, 0.2) is 122 Å². The Kier molecular flexibility index (Phi) is 8.07. The van der Waals surface area contributed by atoms with E-state index in [-0.39, 0.29) is 23.6 Å². The minimum atomic E-state index is -1.84. The van der Waals surface area contributed by atoms with Gasteiger partial charge in [-0.2, -0.15) is 10.5 Å². The van der Waals surface area contributed by atoms with Crippen molar-refractivity contribution in [2.75, 3.05) is 0 Å². The Balaban J connectivity index is 1.66. The summed E-state index contributed by atoms with van der Waals surface area (Å²) in [4.78, 5) is 42.6. The Morgan fingerprint density at radius 3 is 1.67 bits per heavy atom. The van der Waals surface area contributed by atoms with Crippen LogP contribution in [-0.2, 0) is 5.60 Å². The number of carbonyl (C=O) groups excluding carboxylic acids is 2. The first kappa shape index (κ1) is 29.3. The van der Waals surface area contributed by atoms with Crippen molar-refractivity contribution in [1.29, 1.82) is 10.5 Å². The van der Waals surface area contributed by atoms with Crippen molar-refractivity contribution in [1.82, 2.24) is 15.0 Å². The normalized spacial score (nSPS) is 22.5. The highest BCUT2D eigenvalue weighted by molar-refractivity contribution is 6.01. The molecule has 1 fully saturated rings. The van der Waals surface area contributed by atoms with Crippen LogP contribution in [0.3, 0.4) is 0 Å². The zero-order valence-corrected chi connectivity index (χ0v) is 24.1. The van der Waals surface area contributed by atoms with Gasteiger partial charge in [0.1, 0.15) is 17.0 Å². The highest BCUT2D eigenvalue weighted by Gasteiger charge is 2.59. The van der Waals surface area contributed by atoms with Gasteiger partial charge in [0, 0.05) is 30.4 Å². The fraction of sp³-hybridized carbons (Fsp3) is 0.162. The lowest BCUT2D eigenvalue weighted by atomic mass is 9.53. The van der Waals surface area contributed by atoms with Crippen LogP contribution in [0.25, 0.3) is 0 Å². The molecule has 0 radical (unpaired) electrons. The molecule has 5 atom stereocenters. The number of aromatic nitrogens is 3. The van der Waals surface area contributed by atoms with Gasteiger partial charge in [-0.3, -0.25) is 24.5 Å². The zero-order chi connectivity index (χ0) is 31.4. The number of hydrogen-bond acceptors (Lipinski definition) is 8. The molecule has 1 saturated carbocycles. The minimum Gasteiger partial charge on any atom is -0.383 e. The van der Waals surface area contributed by atoms with Crippen LogP contribution in [0, 0.1) is 34.5 Å². The van der Waals surface area contributed by atoms with Gasteiger partial charge in [-0.25, -0.2) is 0 Å². The summed E-state index contributed by atoms with van der Waals surface area (Å²) in [6, 6.07) is 33.2. The first-order chi connectivity index (χ1) is 21.9. The lowest BCUT2D eigenvalue weighted by molar-refractivity contribution is -0.0722. The summed E-state index contributed by atoms with van der Waals surface area (Å²) in [7, 11) is 0. The fourth-order valence-corrected chi connectivity index (χ4v) is 6.61. The lowest BCUT2D eigenvalue weighted by Gasteiger charge is -2.50. The third kappa shape index (κ3) is 5.51. The second-order valence-electron chi connectivity index (χ2n) is 11.1. The summed E-state index contributed by atoms with van der Waals surface area (Å²) in [6.07, 6.45) is 4.61. The molecule has 6 rings (SSSR count). The Bertz CT molecular complexity index is 1900. The molecule has 0 amide bonds. The van der Waals surface area contributed by atoms with Crippen LogP contribution in [0.1, 0.15) is 67.2 Å². The molecule has 0 saturated heterocycles. The molecule has 45 heavy (non-hydrogen) atoms. The monoisotopic (exact) mass is 589 g/mol. The van der Waals surface area contributed by atoms with E-state index in [0.29, 0.717) is 22.4 Å². The molecule has 1 aliphatic rings. The van der Waals surface area contributed by atoms with Crippen molar-refractivity contribution in [2.45, 2.75) is 23.9 Å². The third-order valence-corrected chi connectivity index (χ3v) is 8.65. The van der Waals surface area contributed by atoms with Gasteiger partial charge >= 0.3 is 0 Å². The van der Waals surface area contributed by atoms with Gasteiger partial charge in [0.25, 0.3) is 0 Å². The molecule has 8 heteroatoms. The molecule has 0 aliphatic heterocycles. The average Bonchev–Trinajstić information content (AvgIpc) is 3.12. The number of benzene rings is 2. The largest absolute Gasteiger partial charge is 0.383 e. The second kappa shape index (κ2) is 12.4. The number of rotatable bonds is 7. The number of aliphatic hydroxyl groups is 1. The highest BCUT2D eigenvalue weighted by Crippen LogP contribution is 2.58. The van der Waals surface area contributed by atoms with Gasteiger partial charge in [-0.1, -0.05) is 42.5 Å². The highest BCUT2D eigenvalue weighted by atomic mass is 16.3. The number of pyridine rings is 3. The molecule has 3 heterocycles. The summed E-state index contributed by atoms with van der Waals surface area (Å²) in [6.45, 7) is 0. The van der Waals surface area contributed by atoms with E-state index in [1.54, 1.807) is 116 Å². The molecule has 1 N–H and O–H groups in total. The van der Waals surface area contributed by atoms with Crippen LogP contribution in [0.5, 0.6) is 0 Å². The van der Waals surface area contributed by atoms with E-state index < -0.39 is 35.1 Å². The predicted octanol–water partition coefficient (Wildman–Crippen LogP) is 5.77. The van der Waals surface area contributed by atoms with Crippen LogP contribution >= 0.6 is 0 Å². The SMILES string of the molecule is N#Cc1ccc([C@H]2[C@@H](C(=O)c3ccccn3)[C@@H](c3ccc(C#N)cc3)C[C@@](O)(c3ccccn3)[C@@H]2C(=O)c2ccccn2)cc1. The fourth-order valence-electron chi connectivity index (χ4n) is 6.61. The van der Waals surface area contributed by atoms with E-state index in [1.807, 2.05) is 0 Å². The Labute approximate surface area is 260 Å². The molecule has 0 unspecified atom stereocenters. The van der Waals surface area contributed by atoms with Gasteiger partial charge in [0.15, 0.2) is 11.6 Å². The zero-order valence-electron chi connectivity index (χ0n) is 24.1. The number of Topliss-reactive ketones (excluding diaryl/α,β-unsaturated/α-hetero) is 2. The van der Waals surface area contributed by atoms with Crippen molar-refractivity contribution < 1.29 is 14.7 Å². The van der Waals surface area contributed by atoms with E-state index in [4.69, 9.17) is 0 Å². The number of nitrogens with zero attached hydrogens (tertiary/aromatic N) is 5. The Hall–Kier alpha value is -5.83. The van der Waals surface area contributed by atoms with Crippen molar-refractivity contribution in [2.24, 2.45) is 11.8 Å². The molecule has 0 spiro atoms. The number of hydrogen-bond donors (Lipinski definition) is 1. The van der Waals surface area contributed by atoms with E-state index in [0.717, 1.165) is 5.56 Å². The summed E-state index contributed by atoms with van der Waals surface area (Å²) in [5, 5.41) is 31.9. The predicted molar refractivity (Wildman–Crippen MR) is 165 cm³/mol. The smallest absolute Gasteiger partial charge is 0.188 e. The van der Waals surface area contributed by atoms with Crippen molar-refractivity contribution >= 4 is 11.6 Å². The molecule has 218 valence electrons. The second-order valence-corrected chi connectivity index (χ2v) is 11.1. The topological polar surface area (TPSA) is 141 Å². The van der Waals surface area contributed by atoms with Gasteiger partial charge in [-0.15, -0.1) is 0 Å². The molecule has 8 nitrogen and oxygen atoms in total. The molecule has 2 aromatic carbocycles. The standard InChI is InChI=1S/C37H27N5O3/c38-22-24-10-14-26(15-11-24)28-21-37(45,31-9-3-6-20-42-31)34(36(44)30-8-2-5-19-41-30)32(27-16-12-25(23-39)13-17-27)33(28)35(43)29-7-1-4-18-40-29/h1-20,28,32-34,45H,21H2/t28-,32+,33+,34+,37-/m1/s1. The molecular weight excluding hydrogens is 562 g/mol. The number of ketones is 2. The molecular formula is C37H27N5O3. The maximum absolute atomic E-state index is 14.7. The maximum Gasteiger partial charge on any atom is 0.188 e. The maximum atomic E-state index is 14.7. The molecule has 5 aromatic rings. The molecule has 0 bridgehead atoms. The molecule has 3 aromatic heterocycles. The van der Waals surface area contributed by atoms with Crippen LogP contribution in [-0.4, -0.2) is 31.6 Å². The summed E-state index contributed by atoms with van der Waals surface area (Å²) < 4.78 is 0. The van der Waals surface area contributed by atoms with Crippen LogP contribution in [0.4, 0.5) is 0 Å².